The molecule has 0 amide bonds. The number of rotatable bonds is 8. The van der Waals surface area contributed by atoms with Crippen LogP contribution in [0.25, 0.3) is 0 Å². The molecule has 0 bridgehead atoms. The van der Waals surface area contributed by atoms with Gasteiger partial charge in [-0.05, 0) is 17.7 Å². The molecule has 100 valence electrons. The predicted octanol–water partition coefficient (Wildman–Crippen LogP) is 1.95. The Labute approximate surface area is 113 Å². The molecule has 0 heterocycles. The van der Waals surface area contributed by atoms with E-state index in [1.165, 1.54) is 12.1 Å². The van der Waals surface area contributed by atoms with Crippen LogP contribution in [0.2, 0.25) is 0 Å². The minimum Gasteiger partial charge on any atom is -0.393 e. The van der Waals surface area contributed by atoms with Crippen LogP contribution in [0.5, 0.6) is 0 Å². The summed E-state index contributed by atoms with van der Waals surface area (Å²) in [6, 6.07) is 6.51. The van der Waals surface area contributed by atoms with Crippen molar-refractivity contribution in [1.29, 1.82) is 0 Å². The molecule has 0 aromatic heterocycles. The number of thiocarbonyl (C=S) groups is 1. The Morgan fingerprint density at radius 1 is 1.33 bits per heavy atom. The molecule has 0 saturated heterocycles. The van der Waals surface area contributed by atoms with Gasteiger partial charge in [0.25, 0.3) is 0 Å². The third-order valence-corrected chi connectivity index (χ3v) is 2.81. The Bertz CT molecular complexity index is 370. The van der Waals surface area contributed by atoms with Crippen molar-refractivity contribution >= 4 is 17.2 Å². The number of methoxy groups -OCH3 is 1. The molecular weight excluding hydrogens is 251 g/mol. The lowest BCUT2D eigenvalue weighted by Crippen LogP contribution is -2.30. The van der Waals surface area contributed by atoms with Gasteiger partial charge in [0.1, 0.15) is 5.82 Å². The van der Waals surface area contributed by atoms with Gasteiger partial charge in [-0.25, -0.2) is 4.39 Å². The van der Waals surface area contributed by atoms with Crippen molar-refractivity contribution in [3.05, 3.63) is 35.6 Å². The Morgan fingerprint density at radius 3 is 2.56 bits per heavy atom. The molecule has 0 radical (unpaired) electrons. The van der Waals surface area contributed by atoms with Crippen LogP contribution in [-0.4, -0.2) is 36.7 Å². The van der Waals surface area contributed by atoms with Crippen molar-refractivity contribution in [3.63, 3.8) is 0 Å². The summed E-state index contributed by atoms with van der Waals surface area (Å²) in [5, 5.41) is 0. The van der Waals surface area contributed by atoms with Crippen molar-refractivity contribution in [2.45, 2.75) is 13.0 Å². The molecule has 3 nitrogen and oxygen atoms in total. The molecular formula is C13H19FN2OS. The summed E-state index contributed by atoms with van der Waals surface area (Å²) in [5.41, 5.74) is 6.57. The molecule has 1 aromatic rings. The van der Waals surface area contributed by atoms with Crippen LogP contribution in [0.3, 0.4) is 0 Å². The third kappa shape index (κ3) is 6.05. The van der Waals surface area contributed by atoms with Gasteiger partial charge in [0.2, 0.25) is 0 Å². The highest BCUT2D eigenvalue weighted by molar-refractivity contribution is 7.80. The van der Waals surface area contributed by atoms with E-state index in [4.69, 9.17) is 22.7 Å². The van der Waals surface area contributed by atoms with Crippen LogP contribution in [0.1, 0.15) is 12.0 Å². The zero-order valence-electron chi connectivity index (χ0n) is 10.6. The fourth-order valence-corrected chi connectivity index (χ4v) is 1.70. The fourth-order valence-electron chi connectivity index (χ4n) is 1.61. The predicted molar refractivity (Wildman–Crippen MR) is 75.0 cm³/mol. The van der Waals surface area contributed by atoms with E-state index in [1.54, 1.807) is 19.2 Å². The lowest BCUT2D eigenvalue weighted by atomic mass is 10.2. The number of ether oxygens (including phenoxy) is 1. The van der Waals surface area contributed by atoms with Crippen LogP contribution in [-0.2, 0) is 11.3 Å². The second kappa shape index (κ2) is 8.13. The van der Waals surface area contributed by atoms with Gasteiger partial charge in [-0.15, -0.1) is 0 Å². The summed E-state index contributed by atoms with van der Waals surface area (Å²) in [5.74, 6) is -0.217. The van der Waals surface area contributed by atoms with Gasteiger partial charge in [0, 0.05) is 33.2 Å². The van der Waals surface area contributed by atoms with Crippen molar-refractivity contribution < 1.29 is 9.13 Å². The molecule has 0 aliphatic carbocycles. The van der Waals surface area contributed by atoms with E-state index in [2.05, 4.69) is 4.90 Å². The standard InChI is InChI=1S/C13H19FN2OS/c1-17-9-8-16(7-6-13(15)18)10-11-2-4-12(14)5-3-11/h2-5H,6-10H2,1H3,(H2,15,18). The summed E-state index contributed by atoms with van der Waals surface area (Å²) in [7, 11) is 1.67. The number of hydrogen-bond acceptors (Lipinski definition) is 3. The Kier molecular flexibility index (Phi) is 6.78. The largest absolute Gasteiger partial charge is 0.393 e. The maximum Gasteiger partial charge on any atom is 0.123 e. The van der Waals surface area contributed by atoms with Crippen LogP contribution < -0.4 is 5.73 Å². The van der Waals surface area contributed by atoms with Crippen LogP contribution in [0, 0.1) is 5.82 Å². The van der Waals surface area contributed by atoms with Crippen LogP contribution in [0.15, 0.2) is 24.3 Å². The normalized spacial score (nSPS) is 10.8. The van der Waals surface area contributed by atoms with E-state index in [0.29, 0.717) is 18.0 Å². The molecule has 1 aromatic carbocycles. The van der Waals surface area contributed by atoms with Crippen molar-refractivity contribution in [2.24, 2.45) is 5.73 Å². The highest BCUT2D eigenvalue weighted by Gasteiger charge is 2.06. The van der Waals surface area contributed by atoms with Gasteiger partial charge >= 0.3 is 0 Å². The van der Waals surface area contributed by atoms with Gasteiger partial charge in [0.15, 0.2) is 0 Å². The maximum atomic E-state index is 12.8. The van der Waals surface area contributed by atoms with Crippen molar-refractivity contribution in [1.82, 2.24) is 4.90 Å². The molecule has 5 heteroatoms. The van der Waals surface area contributed by atoms with E-state index in [0.717, 1.165) is 25.2 Å². The zero-order valence-corrected chi connectivity index (χ0v) is 11.4. The first-order chi connectivity index (χ1) is 8.61. The van der Waals surface area contributed by atoms with E-state index in [1.807, 2.05) is 0 Å². The molecule has 1 rings (SSSR count). The Balaban J connectivity index is 2.53. The molecule has 0 saturated carbocycles. The topological polar surface area (TPSA) is 38.5 Å². The molecule has 0 atom stereocenters. The number of hydrogen-bond donors (Lipinski definition) is 1. The molecule has 2 N–H and O–H groups in total. The van der Waals surface area contributed by atoms with Gasteiger partial charge in [0.05, 0.1) is 11.6 Å². The molecule has 0 fully saturated rings. The smallest absolute Gasteiger partial charge is 0.123 e. The van der Waals surface area contributed by atoms with Crippen LogP contribution in [0.4, 0.5) is 4.39 Å². The van der Waals surface area contributed by atoms with Gasteiger partial charge in [-0.1, -0.05) is 24.4 Å². The highest BCUT2D eigenvalue weighted by Crippen LogP contribution is 2.07. The Hall–Kier alpha value is -1.04. The van der Waals surface area contributed by atoms with E-state index >= 15 is 0 Å². The number of benzene rings is 1. The fraction of sp³-hybridized carbons (Fsp3) is 0.462. The maximum absolute atomic E-state index is 12.8. The lowest BCUT2D eigenvalue weighted by molar-refractivity contribution is 0.146. The summed E-state index contributed by atoms with van der Waals surface area (Å²) in [6.45, 7) is 2.98. The number of halogens is 1. The third-order valence-electron chi connectivity index (χ3n) is 2.61. The quantitative estimate of drug-likeness (QED) is 0.733. The summed E-state index contributed by atoms with van der Waals surface area (Å²) >= 11 is 4.88. The first-order valence-electron chi connectivity index (χ1n) is 5.86. The first-order valence-corrected chi connectivity index (χ1v) is 6.26. The van der Waals surface area contributed by atoms with Gasteiger partial charge in [-0.2, -0.15) is 0 Å². The average Bonchev–Trinajstić information content (AvgIpc) is 2.35. The highest BCUT2D eigenvalue weighted by atomic mass is 32.1. The van der Waals surface area contributed by atoms with Crippen LogP contribution >= 0.6 is 12.2 Å². The van der Waals surface area contributed by atoms with E-state index in [9.17, 15) is 4.39 Å². The van der Waals surface area contributed by atoms with Crippen molar-refractivity contribution in [2.75, 3.05) is 26.8 Å². The SMILES string of the molecule is COCCN(CCC(N)=S)Cc1ccc(F)cc1. The minimum atomic E-state index is -0.217. The number of nitrogens with two attached hydrogens (primary N) is 1. The zero-order chi connectivity index (χ0) is 13.4. The second-order valence-electron chi connectivity index (χ2n) is 4.11. The van der Waals surface area contributed by atoms with Gasteiger partial charge < -0.3 is 10.5 Å². The minimum absolute atomic E-state index is 0.217. The summed E-state index contributed by atoms with van der Waals surface area (Å²) < 4.78 is 17.9. The molecule has 0 unspecified atom stereocenters. The molecule has 0 spiro atoms. The van der Waals surface area contributed by atoms with Crippen molar-refractivity contribution in [3.8, 4) is 0 Å². The first kappa shape index (κ1) is 15.0. The van der Waals surface area contributed by atoms with E-state index < -0.39 is 0 Å². The monoisotopic (exact) mass is 270 g/mol. The Morgan fingerprint density at radius 2 is 2.00 bits per heavy atom. The second-order valence-corrected chi connectivity index (χ2v) is 4.64. The van der Waals surface area contributed by atoms with Gasteiger partial charge in [-0.3, -0.25) is 4.90 Å². The lowest BCUT2D eigenvalue weighted by Gasteiger charge is -2.21. The summed E-state index contributed by atoms with van der Waals surface area (Å²) in [4.78, 5) is 2.70. The molecule has 18 heavy (non-hydrogen) atoms. The summed E-state index contributed by atoms with van der Waals surface area (Å²) in [6.07, 6.45) is 0.681. The van der Waals surface area contributed by atoms with E-state index in [-0.39, 0.29) is 5.82 Å². The molecule has 0 aliphatic rings. The number of nitrogens with zero attached hydrogens (tertiary/aromatic N) is 1. The molecule has 0 aliphatic heterocycles. The average molecular weight is 270 g/mol.